The van der Waals surface area contributed by atoms with Gasteiger partial charge in [0.2, 0.25) is 0 Å². The Hall–Kier alpha value is -5.16. The van der Waals surface area contributed by atoms with E-state index in [0.717, 1.165) is 24.3 Å². The van der Waals surface area contributed by atoms with E-state index in [0.29, 0.717) is 18.4 Å². The Balaban J connectivity index is 1.96. The second-order valence-electron chi connectivity index (χ2n) is 19.9. The molecular weight excluding hydrogens is 1290 g/mol. The van der Waals surface area contributed by atoms with Crippen molar-refractivity contribution in [2.24, 2.45) is 5.92 Å². The molecule has 0 fully saturated rings. The van der Waals surface area contributed by atoms with E-state index in [2.05, 4.69) is 0 Å². The Morgan fingerprint density at radius 1 is 0.368 bits per heavy atom. The first-order valence-electron chi connectivity index (χ1n) is 24.4. The van der Waals surface area contributed by atoms with E-state index in [-0.39, 0.29) is 29.9 Å². The minimum absolute atomic E-state index is 0.00900. The molecule has 3 aromatic carbocycles. The fourth-order valence-electron chi connectivity index (χ4n) is 8.53. The average Bonchev–Trinajstić information content (AvgIpc) is 0.712. The monoisotopic (exact) mass is 1340 g/mol. The minimum Gasteiger partial charge on any atom is -0.494 e. The zero-order valence-electron chi connectivity index (χ0n) is 43.6. The molecule has 87 heavy (non-hydrogen) atoms. The van der Waals surface area contributed by atoms with E-state index in [1.165, 1.54) is 24.3 Å². The maximum atomic E-state index is 14.6. The van der Waals surface area contributed by atoms with Gasteiger partial charge in [-0.3, -0.25) is 0 Å². The van der Waals surface area contributed by atoms with Crippen molar-refractivity contribution >= 4 is 0 Å². The van der Waals surface area contributed by atoms with Crippen LogP contribution in [0.3, 0.4) is 0 Å². The highest BCUT2D eigenvalue weighted by Gasteiger charge is 2.97. The molecule has 2 unspecified atom stereocenters. The molecule has 1 N–H and O–H groups in total. The number of alkyl halides is 34. The molecule has 0 aromatic heterocycles. The number of benzene rings is 3. The molecule has 3 rings (SSSR count). The molecule has 0 saturated carbocycles. The van der Waals surface area contributed by atoms with Gasteiger partial charge >= 0.3 is 95.3 Å². The van der Waals surface area contributed by atoms with Crippen molar-refractivity contribution in [3.8, 4) is 11.5 Å². The lowest BCUT2D eigenvalue weighted by molar-refractivity contribution is -0.461. The quantitative estimate of drug-likeness (QED) is 0.0500. The Morgan fingerprint density at radius 2 is 0.655 bits per heavy atom. The van der Waals surface area contributed by atoms with Gasteiger partial charge in [0, 0.05) is 24.9 Å². The largest absolute Gasteiger partial charge is 0.494 e. The summed E-state index contributed by atoms with van der Waals surface area (Å²) in [4.78, 5) is 0. The summed E-state index contributed by atoms with van der Waals surface area (Å²) in [7, 11) is 0. The molecule has 0 radical (unpaired) electrons. The fraction of sp³-hybridized carbons (Fsp3) is 0.640. The maximum Gasteiger partial charge on any atom is 0.460 e. The van der Waals surface area contributed by atoms with Crippen LogP contribution in [0.15, 0.2) is 78.9 Å². The predicted molar refractivity (Wildman–Crippen MR) is 234 cm³/mol. The SMILES string of the molecule is CCC(C)CC(CC(CCO)(c1ccc(OCCCC(F)(F)C(F)(F)C(F)(F)C(F)(F)C(F)(F)C(F)(F)C(F)(F)C(F)(F)F)cc1)c1ccc(OCCCC(F)(F)C(F)(F)C(F)(F)C(F)(F)C(F)(F)C(F)(F)C(F)(F)C(F)(F)F)cc1)c1ccccc1. The summed E-state index contributed by atoms with van der Waals surface area (Å²) >= 11 is 0. The van der Waals surface area contributed by atoms with Crippen molar-refractivity contribution in [3.05, 3.63) is 95.6 Å². The molecule has 0 saturated heterocycles. The molecule has 0 aliphatic rings. The third-order valence-electron chi connectivity index (χ3n) is 14.0. The Bertz CT molecular complexity index is 2530. The highest BCUT2D eigenvalue weighted by atomic mass is 19.4. The van der Waals surface area contributed by atoms with Crippen LogP contribution >= 0.6 is 0 Å². The van der Waals surface area contributed by atoms with Crippen LogP contribution in [-0.4, -0.2) is 120 Å². The van der Waals surface area contributed by atoms with Crippen LogP contribution in [0.1, 0.15) is 87.8 Å². The second-order valence-corrected chi connectivity index (χ2v) is 19.9. The zero-order chi connectivity index (χ0) is 67.9. The predicted octanol–water partition coefficient (Wildman–Crippen LogP) is 19.3. The number of rotatable bonds is 32. The van der Waals surface area contributed by atoms with E-state index in [1.807, 2.05) is 13.8 Å². The minimum atomic E-state index is -8.82. The van der Waals surface area contributed by atoms with E-state index in [4.69, 9.17) is 9.47 Å². The van der Waals surface area contributed by atoms with Crippen LogP contribution in [0, 0.1) is 5.92 Å². The lowest BCUT2D eigenvalue weighted by Crippen LogP contribution is -2.74. The lowest BCUT2D eigenvalue weighted by atomic mass is 9.65. The topological polar surface area (TPSA) is 38.7 Å². The number of ether oxygens (including phenoxy) is 2. The molecule has 2 atom stereocenters. The normalized spacial score (nSPS) is 15.8. The van der Waals surface area contributed by atoms with Gasteiger partial charge in [-0.15, -0.1) is 0 Å². The highest BCUT2D eigenvalue weighted by Crippen LogP contribution is 2.66. The number of hydrogen-bond acceptors (Lipinski definition) is 3. The van der Waals surface area contributed by atoms with Gasteiger partial charge in [-0.05, 0) is 84.9 Å². The first kappa shape index (κ1) is 76.1. The van der Waals surface area contributed by atoms with Gasteiger partial charge in [-0.1, -0.05) is 74.9 Å². The van der Waals surface area contributed by atoms with Gasteiger partial charge in [-0.2, -0.15) is 149 Å². The van der Waals surface area contributed by atoms with Gasteiger partial charge in [0.25, 0.3) is 0 Å². The van der Waals surface area contributed by atoms with Crippen LogP contribution in [0.5, 0.6) is 11.5 Å². The molecule has 500 valence electrons. The van der Waals surface area contributed by atoms with Crippen molar-refractivity contribution in [1.82, 2.24) is 0 Å². The molecule has 37 heteroatoms. The number of aliphatic hydroxyl groups is 1. The average molecular weight is 1340 g/mol. The molecule has 3 aromatic rings. The van der Waals surface area contributed by atoms with Crippen molar-refractivity contribution in [2.75, 3.05) is 19.8 Å². The first-order valence-corrected chi connectivity index (χ1v) is 24.4. The molecule has 0 aliphatic heterocycles. The fourth-order valence-corrected chi connectivity index (χ4v) is 8.53. The van der Waals surface area contributed by atoms with E-state index in [9.17, 15) is 154 Å². The number of aliphatic hydroxyl groups excluding tert-OH is 1. The van der Waals surface area contributed by atoms with Crippen molar-refractivity contribution in [3.63, 3.8) is 0 Å². The molecular formula is C50H44F34O3. The van der Waals surface area contributed by atoms with Crippen LogP contribution < -0.4 is 9.47 Å². The molecule has 0 heterocycles. The molecule has 0 bridgehead atoms. The standard InChI is InChI=1S/C50H44F34O3/c1-3-27(2)25-29(28-9-5-4-6-10-28)26-34(21-22-85,30-11-15-32(16-12-30)86-23-7-19-35(51,52)37(55,56)39(59,60)41(63,64)43(67,68)45(71,72)47(75,76)49(79,80)81)31-13-17-33(18-14-31)87-24-8-20-36(53,54)38(57,58)40(61,62)42(65,66)44(69,70)46(73,74)48(77,78)50(82,83)84/h4-6,9-18,27,29,85H,3,7-8,19-26H2,1-2H3. The summed E-state index contributed by atoms with van der Waals surface area (Å²) in [5.41, 5.74) is -0.451. The van der Waals surface area contributed by atoms with Crippen LogP contribution in [0.4, 0.5) is 149 Å². The van der Waals surface area contributed by atoms with Crippen LogP contribution in [0.25, 0.3) is 0 Å². The maximum absolute atomic E-state index is 14.6. The highest BCUT2D eigenvalue weighted by molar-refractivity contribution is 5.44. The van der Waals surface area contributed by atoms with E-state index < -0.39 is 164 Å². The van der Waals surface area contributed by atoms with Crippen molar-refractivity contribution in [1.29, 1.82) is 0 Å². The summed E-state index contributed by atoms with van der Waals surface area (Å²) in [6, 6.07) is 17.1. The Labute approximate surface area is 468 Å². The molecule has 3 nitrogen and oxygen atoms in total. The van der Waals surface area contributed by atoms with Crippen molar-refractivity contribution < 1.29 is 164 Å². The number of halogens is 34. The van der Waals surface area contributed by atoms with Crippen LogP contribution in [-0.2, 0) is 5.41 Å². The van der Waals surface area contributed by atoms with Gasteiger partial charge in [0.15, 0.2) is 0 Å². The molecule has 0 spiro atoms. The van der Waals surface area contributed by atoms with Gasteiger partial charge in [0.1, 0.15) is 11.5 Å². The van der Waals surface area contributed by atoms with E-state index >= 15 is 0 Å². The zero-order valence-corrected chi connectivity index (χ0v) is 43.6. The second kappa shape index (κ2) is 24.9. The molecule has 0 aliphatic carbocycles. The summed E-state index contributed by atoms with van der Waals surface area (Å²) in [6.45, 7) is 0.311. The summed E-state index contributed by atoms with van der Waals surface area (Å²) in [6.07, 6.45) is -24.1. The van der Waals surface area contributed by atoms with Crippen LogP contribution in [0.2, 0.25) is 0 Å². The van der Waals surface area contributed by atoms with Crippen molar-refractivity contribution in [2.45, 2.75) is 172 Å². The third-order valence-corrected chi connectivity index (χ3v) is 14.0. The Kier molecular flexibility index (Phi) is 21.8. The van der Waals surface area contributed by atoms with Gasteiger partial charge < -0.3 is 14.6 Å². The van der Waals surface area contributed by atoms with E-state index in [1.54, 1.807) is 30.3 Å². The summed E-state index contributed by atoms with van der Waals surface area (Å²) in [5, 5.41) is 10.5. The summed E-state index contributed by atoms with van der Waals surface area (Å²) in [5.74, 6) is -117. The first-order chi connectivity index (χ1) is 38.8. The Morgan fingerprint density at radius 3 is 0.931 bits per heavy atom. The summed E-state index contributed by atoms with van der Waals surface area (Å²) < 4.78 is 477. The van der Waals surface area contributed by atoms with Gasteiger partial charge in [0.05, 0.1) is 13.2 Å². The van der Waals surface area contributed by atoms with Gasteiger partial charge in [-0.25, -0.2) is 0 Å². The third kappa shape index (κ3) is 13.1. The lowest BCUT2D eigenvalue weighted by Gasteiger charge is -2.42. The smallest absolute Gasteiger partial charge is 0.460 e. The number of hydrogen-bond donors (Lipinski definition) is 1. The molecule has 0 amide bonds.